The van der Waals surface area contributed by atoms with Gasteiger partial charge in [0.15, 0.2) is 0 Å². The third kappa shape index (κ3) is 8.36. The van der Waals surface area contributed by atoms with Gasteiger partial charge in [0.2, 0.25) is 0 Å². The summed E-state index contributed by atoms with van der Waals surface area (Å²) in [5.41, 5.74) is 30.3. The van der Waals surface area contributed by atoms with Gasteiger partial charge in [-0.3, -0.25) is 19.9 Å². The average Bonchev–Trinajstić information content (AvgIpc) is 1.47. The van der Waals surface area contributed by atoms with Crippen molar-refractivity contribution in [3.63, 3.8) is 0 Å². The Bertz CT molecular complexity index is 7880. The standard InChI is InChI=1S/C106H62N8O2/c1-8-32-87-71(20-1)72-21-2-9-33-88(72)111(87)67-44-46-68(47-45-67)112-93-50-41-63(64-42-52-98-85(59-64)105(79-26-6-13-38-96(79)115-98)81-28-16-54-107-101(81)102-82(105)29-17-55-108-102)58-78(93)75-49-40-66(61-95(75)112)70-25-15-37-94-100(70)76-24-5-12-36-91(76)114(94)92-51-48-69(113-89-34-10-3-22-73(89)74-23-4-11-35-90(74)113)62-77(92)65-43-53-99-86(60-65)106(80-27-7-14-39-97(80)116-99)83-30-18-56-109-103(83)104-84(106)31-19-57-110-104/h1-62H. The summed E-state index contributed by atoms with van der Waals surface area (Å²) in [6.07, 6.45) is 7.53. The van der Waals surface area contributed by atoms with Gasteiger partial charge in [-0.15, -0.1) is 0 Å². The van der Waals surface area contributed by atoms with E-state index >= 15 is 0 Å². The van der Waals surface area contributed by atoms with Gasteiger partial charge in [-0.05, 0) is 208 Å². The predicted molar refractivity (Wildman–Crippen MR) is 466 cm³/mol. The normalized spacial score (nSPS) is 13.6. The van der Waals surface area contributed by atoms with Crippen molar-refractivity contribution in [2.75, 3.05) is 0 Å². The van der Waals surface area contributed by atoms with Crippen LogP contribution in [-0.2, 0) is 10.8 Å². The molecule has 10 heterocycles. The summed E-state index contributed by atoms with van der Waals surface area (Å²) >= 11 is 0. The quantitative estimate of drug-likeness (QED) is 0.158. The molecule has 22 aromatic rings. The van der Waals surface area contributed by atoms with E-state index in [2.05, 4.69) is 370 Å². The van der Waals surface area contributed by atoms with E-state index in [1.807, 2.05) is 24.8 Å². The van der Waals surface area contributed by atoms with E-state index in [0.29, 0.717) is 0 Å². The van der Waals surface area contributed by atoms with Crippen LogP contribution in [0.2, 0.25) is 0 Å². The Labute approximate surface area is 664 Å². The lowest BCUT2D eigenvalue weighted by molar-refractivity contribution is 0.436. The van der Waals surface area contributed by atoms with Gasteiger partial charge in [0.05, 0.1) is 83.4 Å². The molecule has 2 aliphatic carbocycles. The lowest BCUT2D eigenvalue weighted by atomic mass is 9.66. The zero-order chi connectivity index (χ0) is 75.6. The van der Waals surface area contributed by atoms with Crippen molar-refractivity contribution in [2.45, 2.75) is 10.8 Å². The van der Waals surface area contributed by atoms with Crippen molar-refractivity contribution in [1.29, 1.82) is 0 Å². The second-order valence-electron chi connectivity index (χ2n) is 31.0. The van der Waals surface area contributed by atoms with E-state index in [-0.39, 0.29) is 0 Å². The number of para-hydroxylation sites is 7. The maximum absolute atomic E-state index is 7.08. The average molecular weight is 1480 g/mol. The SMILES string of the molecule is c1ccc2c(c1)Oc1ccc(-c3ccc4c(c3)c3ccc(-c5cccc6c5c5ccccc5n6-c5ccc(-n6c7ccccc7c7ccccc76)cc5-c5ccc6c(c5)C5(c7ccccc7O6)c6cccnc6-c6ncccc65)cc3n4-c3ccc(-n4c5ccccc5c5ccccc54)cc3)cc1C21c2cccnc2-c2ncccc21. The second kappa shape index (κ2) is 23.5. The van der Waals surface area contributed by atoms with Crippen molar-refractivity contribution >= 4 is 87.2 Å². The summed E-state index contributed by atoms with van der Waals surface area (Å²) in [4.78, 5) is 20.3. The monoisotopic (exact) mass is 1480 g/mol. The Kier molecular flexibility index (Phi) is 12.8. The van der Waals surface area contributed by atoms with Crippen molar-refractivity contribution in [3.05, 3.63) is 421 Å². The highest BCUT2D eigenvalue weighted by Gasteiger charge is 2.54. The number of fused-ring (bicyclic) bond motifs is 30. The maximum atomic E-state index is 7.08. The third-order valence-corrected chi connectivity index (χ3v) is 25.5. The van der Waals surface area contributed by atoms with Crippen LogP contribution in [0.4, 0.5) is 0 Å². The molecule has 10 nitrogen and oxygen atoms in total. The summed E-state index contributed by atoms with van der Waals surface area (Å²) < 4.78 is 23.8. The molecule has 26 rings (SSSR count). The second-order valence-corrected chi connectivity index (χ2v) is 31.0. The van der Waals surface area contributed by atoms with E-state index < -0.39 is 10.8 Å². The fourth-order valence-electron chi connectivity index (χ4n) is 20.9. The van der Waals surface area contributed by atoms with Crippen LogP contribution < -0.4 is 9.47 Å². The van der Waals surface area contributed by atoms with E-state index in [1.54, 1.807) is 0 Å². The summed E-state index contributed by atoms with van der Waals surface area (Å²) in [7, 11) is 0. The molecule has 116 heavy (non-hydrogen) atoms. The lowest BCUT2D eigenvalue weighted by Crippen LogP contribution is -2.32. The molecule has 0 amide bonds. The molecule has 538 valence electrons. The van der Waals surface area contributed by atoms with Gasteiger partial charge >= 0.3 is 0 Å². The topological polar surface area (TPSA) is 89.7 Å². The molecule has 14 aromatic carbocycles. The highest BCUT2D eigenvalue weighted by molar-refractivity contribution is 6.18. The van der Waals surface area contributed by atoms with Gasteiger partial charge in [-0.2, -0.15) is 0 Å². The minimum Gasteiger partial charge on any atom is -0.457 e. The molecule has 0 unspecified atom stereocenters. The molecule has 0 saturated carbocycles. The number of rotatable bonds is 7. The minimum absolute atomic E-state index is 0.728. The number of ether oxygens (including phenoxy) is 2. The smallest absolute Gasteiger partial charge is 0.132 e. The largest absolute Gasteiger partial charge is 0.457 e. The van der Waals surface area contributed by atoms with Crippen molar-refractivity contribution in [2.24, 2.45) is 0 Å². The van der Waals surface area contributed by atoms with E-state index in [0.717, 1.165) is 201 Å². The molecule has 4 aliphatic rings. The molecule has 0 radical (unpaired) electrons. The molecular formula is C106H62N8O2. The Morgan fingerprint density at radius 1 is 0.207 bits per heavy atom. The van der Waals surface area contributed by atoms with Crippen LogP contribution in [0.25, 0.3) is 166 Å². The maximum Gasteiger partial charge on any atom is 0.132 e. The predicted octanol–water partition coefficient (Wildman–Crippen LogP) is 25.6. The minimum atomic E-state index is -0.797. The van der Waals surface area contributed by atoms with Crippen LogP contribution in [0, 0.1) is 0 Å². The zero-order valence-electron chi connectivity index (χ0n) is 62.2. The molecule has 0 N–H and O–H groups in total. The van der Waals surface area contributed by atoms with Gasteiger partial charge in [0.1, 0.15) is 23.0 Å². The van der Waals surface area contributed by atoms with Gasteiger partial charge in [0, 0.05) is 113 Å². The Hall–Kier alpha value is -15.5. The zero-order valence-corrected chi connectivity index (χ0v) is 62.2. The number of pyridine rings is 4. The summed E-state index contributed by atoms with van der Waals surface area (Å²) in [5, 5.41) is 9.44. The first-order valence-electron chi connectivity index (χ1n) is 39.5. The van der Waals surface area contributed by atoms with Crippen LogP contribution in [0.5, 0.6) is 23.0 Å². The summed E-state index contributed by atoms with van der Waals surface area (Å²) in [6, 6.07) is 129. The fourth-order valence-corrected chi connectivity index (χ4v) is 20.9. The van der Waals surface area contributed by atoms with Gasteiger partial charge in [-0.25, -0.2) is 0 Å². The van der Waals surface area contributed by atoms with Crippen LogP contribution >= 0.6 is 0 Å². The van der Waals surface area contributed by atoms with Crippen LogP contribution in [0.3, 0.4) is 0 Å². The Morgan fingerprint density at radius 3 is 1.11 bits per heavy atom. The summed E-state index contributed by atoms with van der Waals surface area (Å²) in [6.45, 7) is 0. The molecule has 0 bridgehead atoms. The highest BCUT2D eigenvalue weighted by Crippen LogP contribution is 2.64. The van der Waals surface area contributed by atoms with Crippen LogP contribution in [-0.4, -0.2) is 38.2 Å². The number of hydrogen-bond acceptors (Lipinski definition) is 6. The number of benzene rings is 14. The van der Waals surface area contributed by atoms with Gasteiger partial charge < -0.3 is 27.7 Å². The first kappa shape index (κ1) is 63.2. The number of aromatic nitrogens is 8. The molecule has 2 spiro atoms. The Balaban J connectivity index is 0.683. The van der Waals surface area contributed by atoms with E-state index in [4.69, 9.17) is 29.4 Å². The van der Waals surface area contributed by atoms with Crippen molar-refractivity contribution in [1.82, 2.24) is 38.2 Å². The van der Waals surface area contributed by atoms with Crippen molar-refractivity contribution in [3.8, 4) is 102 Å². The van der Waals surface area contributed by atoms with Gasteiger partial charge in [0.25, 0.3) is 0 Å². The van der Waals surface area contributed by atoms with Crippen LogP contribution in [0.15, 0.2) is 377 Å². The molecule has 8 aromatic heterocycles. The Morgan fingerprint density at radius 2 is 0.578 bits per heavy atom. The molecule has 0 atom stereocenters. The van der Waals surface area contributed by atoms with Gasteiger partial charge in [-0.1, -0.05) is 194 Å². The highest BCUT2D eigenvalue weighted by atomic mass is 16.5. The summed E-state index contributed by atoms with van der Waals surface area (Å²) in [5.74, 6) is 3.23. The first-order valence-corrected chi connectivity index (χ1v) is 39.5. The lowest BCUT2D eigenvalue weighted by Gasteiger charge is -2.39. The molecule has 0 saturated heterocycles. The molecule has 2 aliphatic heterocycles. The van der Waals surface area contributed by atoms with Crippen molar-refractivity contribution < 1.29 is 9.47 Å². The fraction of sp³-hybridized carbons (Fsp3) is 0.0189. The number of hydrogen-bond donors (Lipinski definition) is 0. The van der Waals surface area contributed by atoms with Crippen LogP contribution in [0.1, 0.15) is 44.5 Å². The molecule has 10 heteroatoms. The van der Waals surface area contributed by atoms with E-state index in [1.165, 1.54) is 32.6 Å². The first-order chi connectivity index (χ1) is 57.5. The van der Waals surface area contributed by atoms with E-state index in [9.17, 15) is 0 Å². The molecular weight excluding hydrogens is 1420 g/mol. The number of nitrogens with zero attached hydrogens (tertiary/aromatic N) is 8. The third-order valence-electron chi connectivity index (χ3n) is 25.5. The molecule has 0 fully saturated rings.